The van der Waals surface area contributed by atoms with Crippen LogP contribution in [0.2, 0.25) is 10.0 Å². The lowest BCUT2D eigenvalue weighted by molar-refractivity contribution is -0.136. The predicted molar refractivity (Wildman–Crippen MR) is 69.7 cm³/mol. The van der Waals surface area contributed by atoms with Crippen molar-refractivity contribution in [3.63, 3.8) is 0 Å². The van der Waals surface area contributed by atoms with Crippen molar-refractivity contribution in [2.75, 3.05) is 5.32 Å². The maximum atomic E-state index is 10.5. The zero-order chi connectivity index (χ0) is 13.1. The number of anilines is 2. The number of carboxylic acid groups (broad SMARTS) is 1. The molecule has 2 rings (SSSR count). The lowest BCUT2D eigenvalue weighted by Crippen LogP contribution is -2.00. The number of aromatic nitrogens is 2. The van der Waals surface area contributed by atoms with Crippen molar-refractivity contribution in [1.29, 1.82) is 0 Å². The normalized spacial score (nSPS) is 10.3. The Hall–Kier alpha value is -1.72. The van der Waals surface area contributed by atoms with E-state index in [4.69, 9.17) is 28.3 Å². The SMILES string of the molecule is O=C(O)Cc1cnc(Nc2c(Cl)cccc2Cl)[nH]1. The van der Waals surface area contributed by atoms with Crippen LogP contribution in [0.1, 0.15) is 5.69 Å². The van der Waals surface area contributed by atoms with Crippen LogP contribution >= 0.6 is 23.2 Å². The highest BCUT2D eigenvalue weighted by Gasteiger charge is 2.09. The van der Waals surface area contributed by atoms with E-state index in [2.05, 4.69) is 15.3 Å². The summed E-state index contributed by atoms with van der Waals surface area (Å²) >= 11 is 12.0. The smallest absolute Gasteiger partial charge is 0.309 e. The molecule has 0 aliphatic heterocycles. The number of rotatable bonds is 4. The van der Waals surface area contributed by atoms with E-state index in [1.54, 1.807) is 18.2 Å². The zero-order valence-corrected chi connectivity index (χ0v) is 10.6. The van der Waals surface area contributed by atoms with Gasteiger partial charge in [-0.15, -0.1) is 0 Å². The summed E-state index contributed by atoms with van der Waals surface area (Å²) in [6.07, 6.45) is 1.33. The summed E-state index contributed by atoms with van der Waals surface area (Å²) in [5.41, 5.74) is 1.02. The van der Waals surface area contributed by atoms with Crippen molar-refractivity contribution < 1.29 is 9.90 Å². The molecule has 18 heavy (non-hydrogen) atoms. The van der Waals surface area contributed by atoms with Gasteiger partial charge in [0.25, 0.3) is 0 Å². The Kier molecular flexibility index (Phi) is 3.74. The lowest BCUT2D eigenvalue weighted by Gasteiger charge is -2.07. The van der Waals surface area contributed by atoms with Crippen LogP contribution in [0.4, 0.5) is 11.6 Å². The molecular formula is C11H9Cl2N3O2. The summed E-state index contributed by atoms with van der Waals surface area (Å²) < 4.78 is 0. The van der Waals surface area contributed by atoms with Crippen LogP contribution in [0.15, 0.2) is 24.4 Å². The first-order valence-corrected chi connectivity index (χ1v) is 5.78. The Morgan fingerprint density at radius 1 is 1.39 bits per heavy atom. The first-order valence-electron chi connectivity index (χ1n) is 5.03. The molecule has 1 aromatic carbocycles. The van der Waals surface area contributed by atoms with Gasteiger partial charge in [0.05, 0.1) is 28.4 Å². The van der Waals surface area contributed by atoms with E-state index < -0.39 is 5.97 Å². The number of halogens is 2. The van der Waals surface area contributed by atoms with Gasteiger partial charge in [0, 0.05) is 5.69 Å². The number of imidazole rings is 1. The van der Waals surface area contributed by atoms with Gasteiger partial charge in [-0.2, -0.15) is 0 Å². The van der Waals surface area contributed by atoms with Crippen molar-refractivity contribution in [2.45, 2.75) is 6.42 Å². The molecule has 0 amide bonds. The highest BCUT2D eigenvalue weighted by atomic mass is 35.5. The minimum absolute atomic E-state index is 0.120. The molecule has 7 heteroatoms. The molecule has 0 aliphatic carbocycles. The highest BCUT2D eigenvalue weighted by molar-refractivity contribution is 6.39. The number of benzene rings is 1. The van der Waals surface area contributed by atoms with E-state index in [0.717, 1.165) is 0 Å². The number of nitrogens with zero attached hydrogens (tertiary/aromatic N) is 1. The van der Waals surface area contributed by atoms with Gasteiger partial charge in [0.15, 0.2) is 0 Å². The van der Waals surface area contributed by atoms with Gasteiger partial charge in [0.1, 0.15) is 0 Å². The van der Waals surface area contributed by atoms with E-state index >= 15 is 0 Å². The van der Waals surface area contributed by atoms with Gasteiger partial charge in [0.2, 0.25) is 5.95 Å². The second-order valence-corrected chi connectivity index (χ2v) is 4.36. The topological polar surface area (TPSA) is 78.0 Å². The summed E-state index contributed by atoms with van der Waals surface area (Å²) in [5, 5.41) is 12.5. The third-order valence-electron chi connectivity index (χ3n) is 2.18. The van der Waals surface area contributed by atoms with Crippen LogP contribution in [0.3, 0.4) is 0 Å². The van der Waals surface area contributed by atoms with Crippen LogP contribution < -0.4 is 5.32 Å². The maximum Gasteiger partial charge on any atom is 0.309 e. The third kappa shape index (κ3) is 2.94. The zero-order valence-electron chi connectivity index (χ0n) is 9.08. The Bertz CT molecular complexity index is 563. The molecule has 0 radical (unpaired) electrons. The van der Waals surface area contributed by atoms with Crippen LogP contribution in [0, 0.1) is 0 Å². The second kappa shape index (κ2) is 5.29. The van der Waals surface area contributed by atoms with Crippen LogP contribution in [0.25, 0.3) is 0 Å². The number of carboxylic acids is 1. The van der Waals surface area contributed by atoms with E-state index in [-0.39, 0.29) is 6.42 Å². The lowest BCUT2D eigenvalue weighted by atomic mass is 10.3. The average molecular weight is 286 g/mol. The van der Waals surface area contributed by atoms with E-state index in [1.165, 1.54) is 6.20 Å². The molecule has 1 heterocycles. The van der Waals surface area contributed by atoms with Crippen LogP contribution in [0.5, 0.6) is 0 Å². The molecule has 0 aliphatic rings. The predicted octanol–water partition coefficient (Wildman–Crippen LogP) is 3.09. The van der Waals surface area contributed by atoms with Gasteiger partial charge in [-0.05, 0) is 12.1 Å². The molecule has 2 aromatic rings. The molecule has 5 nitrogen and oxygen atoms in total. The molecule has 94 valence electrons. The Balaban J connectivity index is 2.19. The summed E-state index contributed by atoms with van der Waals surface area (Å²) in [6, 6.07) is 5.11. The number of carbonyl (C=O) groups is 1. The van der Waals surface area contributed by atoms with Crippen molar-refractivity contribution in [1.82, 2.24) is 9.97 Å². The molecular weight excluding hydrogens is 277 g/mol. The maximum absolute atomic E-state index is 10.5. The molecule has 3 N–H and O–H groups in total. The molecule has 0 spiro atoms. The van der Waals surface area contributed by atoms with Crippen LogP contribution in [-0.2, 0) is 11.2 Å². The quantitative estimate of drug-likeness (QED) is 0.807. The van der Waals surface area contributed by atoms with Gasteiger partial charge < -0.3 is 15.4 Å². The van der Waals surface area contributed by atoms with Gasteiger partial charge in [-0.1, -0.05) is 29.3 Å². The molecule has 1 aromatic heterocycles. The number of para-hydroxylation sites is 1. The fourth-order valence-electron chi connectivity index (χ4n) is 1.41. The van der Waals surface area contributed by atoms with E-state index in [9.17, 15) is 4.79 Å². The van der Waals surface area contributed by atoms with Gasteiger partial charge in [-0.3, -0.25) is 4.79 Å². The minimum atomic E-state index is -0.930. The standard InChI is InChI=1S/C11H9Cl2N3O2/c12-7-2-1-3-8(13)10(7)16-11-14-5-6(15-11)4-9(17)18/h1-3,5H,4H2,(H,17,18)(H2,14,15,16). The van der Waals surface area contributed by atoms with E-state index in [1.807, 2.05) is 0 Å². The number of hydrogen-bond donors (Lipinski definition) is 3. The number of aromatic amines is 1. The number of nitrogens with one attached hydrogen (secondary N) is 2. The first kappa shape index (κ1) is 12.7. The summed E-state index contributed by atoms with van der Waals surface area (Å²) in [6.45, 7) is 0. The van der Waals surface area contributed by atoms with Crippen LogP contribution in [-0.4, -0.2) is 21.0 Å². The highest BCUT2D eigenvalue weighted by Crippen LogP contribution is 2.31. The molecule has 0 saturated heterocycles. The molecule has 0 saturated carbocycles. The number of hydrogen-bond acceptors (Lipinski definition) is 3. The summed E-state index contributed by atoms with van der Waals surface area (Å²) in [5.74, 6) is -0.540. The molecule has 0 atom stereocenters. The number of H-pyrrole nitrogens is 1. The van der Waals surface area contributed by atoms with Crippen molar-refractivity contribution in [3.05, 3.63) is 40.1 Å². The molecule has 0 bridgehead atoms. The molecule has 0 fully saturated rings. The third-order valence-corrected chi connectivity index (χ3v) is 2.81. The fraction of sp³-hybridized carbons (Fsp3) is 0.0909. The first-order chi connectivity index (χ1) is 8.56. The Morgan fingerprint density at radius 3 is 2.67 bits per heavy atom. The van der Waals surface area contributed by atoms with Crippen molar-refractivity contribution in [3.8, 4) is 0 Å². The largest absolute Gasteiger partial charge is 0.481 e. The van der Waals surface area contributed by atoms with Gasteiger partial charge in [-0.25, -0.2) is 4.98 Å². The summed E-state index contributed by atoms with van der Waals surface area (Å²) in [4.78, 5) is 17.4. The van der Waals surface area contributed by atoms with E-state index in [0.29, 0.717) is 27.4 Å². The Morgan fingerprint density at radius 2 is 2.06 bits per heavy atom. The summed E-state index contributed by atoms with van der Waals surface area (Å²) in [7, 11) is 0. The Labute approximate surface area is 113 Å². The van der Waals surface area contributed by atoms with Crippen molar-refractivity contribution in [2.24, 2.45) is 0 Å². The van der Waals surface area contributed by atoms with Crippen molar-refractivity contribution >= 4 is 40.8 Å². The fourth-order valence-corrected chi connectivity index (χ4v) is 1.90. The monoisotopic (exact) mass is 285 g/mol. The molecule has 0 unspecified atom stereocenters. The average Bonchev–Trinajstić information content (AvgIpc) is 2.70. The number of aliphatic carboxylic acids is 1. The van der Waals surface area contributed by atoms with Gasteiger partial charge >= 0.3 is 5.97 Å². The second-order valence-electron chi connectivity index (χ2n) is 3.55. The minimum Gasteiger partial charge on any atom is -0.481 e.